The minimum Gasteiger partial charge on any atom is -0.384 e. The first kappa shape index (κ1) is 24.8. The first-order valence-corrected chi connectivity index (χ1v) is 7.39. The van der Waals surface area contributed by atoms with Gasteiger partial charge in [-0.2, -0.15) is 0 Å². The van der Waals surface area contributed by atoms with Crippen LogP contribution in [0.2, 0.25) is 5.02 Å². The van der Waals surface area contributed by atoms with Gasteiger partial charge in [-0.15, -0.1) is 37.2 Å². The Morgan fingerprint density at radius 2 is 1.52 bits per heavy atom. The molecule has 6 nitrogen and oxygen atoms in total. The highest BCUT2D eigenvalue weighted by atomic mass is 35.5. The van der Waals surface area contributed by atoms with Gasteiger partial charge in [-0.25, -0.2) is 0 Å². The van der Waals surface area contributed by atoms with E-state index in [1.54, 1.807) is 42.5 Å². The Labute approximate surface area is 179 Å². The molecule has 0 amide bonds. The molecule has 1 heterocycles. The fraction of sp³-hybridized carbons (Fsp3) is 0. The third-order valence-electron chi connectivity index (χ3n) is 3.52. The van der Waals surface area contributed by atoms with Crippen molar-refractivity contribution in [3.05, 3.63) is 64.7 Å². The van der Waals surface area contributed by atoms with E-state index in [0.717, 1.165) is 5.56 Å². The topological polar surface area (TPSA) is 126 Å². The summed E-state index contributed by atoms with van der Waals surface area (Å²) in [6, 6.07) is 13.9. The predicted octanol–water partition coefficient (Wildman–Crippen LogP) is 4.50. The number of rotatable bonds is 4. The highest BCUT2D eigenvalue weighted by molar-refractivity contribution is 6.33. The molecular formula is C17H17Cl4N5O. The second-order valence-corrected chi connectivity index (χ2v) is 5.59. The maximum atomic E-state index is 7.53. The molecule has 0 spiro atoms. The summed E-state index contributed by atoms with van der Waals surface area (Å²) in [7, 11) is 0. The van der Waals surface area contributed by atoms with Crippen LogP contribution in [-0.2, 0) is 0 Å². The Morgan fingerprint density at radius 3 is 2.15 bits per heavy atom. The van der Waals surface area contributed by atoms with Crippen molar-refractivity contribution in [3.8, 4) is 22.6 Å². The average Bonchev–Trinajstić information content (AvgIpc) is 3.05. The van der Waals surface area contributed by atoms with Gasteiger partial charge < -0.3 is 16.0 Å². The normalized spacial score (nSPS) is 9.37. The zero-order valence-corrected chi connectivity index (χ0v) is 16.9. The molecule has 3 aromatic rings. The SMILES string of the molecule is Cl.Cl.Cl.N=C(N)c1cccc(-c2cc(-c3cc(C(=N)N)ccc3Cl)no2)c1. The van der Waals surface area contributed by atoms with Gasteiger partial charge in [0.2, 0.25) is 0 Å². The number of nitrogen functional groups attached to an aromatic ring is 2. The minimum atomic E-state index is -0.0502. The predicted molar refractivity (Wildman–Crippen MR) is 116 cm³/mol. The first-order chi connectivity index (χ1) is 11.5. The van der Waals surface area contributed by atoms with Crippen molar-refractivity contribution in [3.63, 3.8) is 0 Å². The molecule has 0 saturated heterocycles. The standard InChI is InChI=1S/C17H14ClN5O.3ClH/c18-13-5-4-11(17(21)22)7-12(13)14-8-15(24-23-14)9-2-1-3-10(6-9)16(19)20;;;/h1-8H,(H3,19,20)(H3,21,22);3*1H. The van der Waals surface area contributed by atoms with Crippen molar-refractivity contribution in [1.29, 1.82) is 10.8 Å². The average molecular weight is 449 g/mol. The van der Waals surface area contributed by atoms with Gasteiger partial charge in [0.05, 0.1) is 5.02 Å². The quantitative estimate of drug-likeness (QED) is 0.346. The van der Waals surface area contributed by atoms with E-state index in [1.807, 2.05) is 6.07 Å². The Hall–Kier alpha value is -2.25. The molecule has 0 aliphatic heterocycles. The highest BCUT2D eigenvalue weighted by Gasteiger charge is 2.13. The van der Waals surface area contributed by atoms with Crippen LogP contribution in [-0.4, -0.2) is 16.8 Å². The molecular weight excluding hydrogens is 432 g/mol. The number of amidine groups is 2. The van der Waals surface area contributed by atoms with Crippen LogP contribution in [0.5, 0.6) is 0 Å². The van der Waals surface area contributed by atoms with Gasteiger partial charge in [0.15, 0.2) is 5.76 Å². The number of hydrogen-bond acceptors (Lipinski definition) is 4. The van der Waals surface area contributed by atoms with Gasteiger partial charge in [0, 0.05) is 28.3 Å². The van der Waals surface area contributed by atoms with E-state index in [2.05, 4.69) is 5.16 Å². The van der Waals surface area contributed by atoms with E-state index in [9.17, 15) is 0 Å². The summed E-state index contributed by atoms with van der Waals surface area (Å²) in [6.07, 6.45) is 0. The largest absolute Gasteiger partial charge is 0.384 e. The van der Waals surface area contributed by atoms with E-state index in [-0.39, 0.29) is 48.9 Å². The van der Waals surface area contributed by atoms with Crippen molar-refractivity contribution in [1.82, 2.24) is 5.16 Å². The Morgan fingerprint density at radius 1 is 0.889 bits per heavy atom. The van der Waals surface area contributed by atoms with Crippen molar-refractivity contribution in [2.75, 3.05) is 0 Å². The second kappa shape index (κ2) is 10.2. The summed E-state index contributed by atoms with van der Waals surface area (Å²) in [4.78, 5) is 0. The molecule has 0 saturated carbocycles. The molecule has 1 aromatic heterocycles. The summed E-state index contributed by atoms with van der Waals surface area (Å²) in [5, 5.41) is 19.6. The maximum absolute atomic E-state index is 7.53. The van der Waals surface area contributed by atoms with Gasteiger partial charge in [0.1, 0.15) is 17.4 Å². The summed E-state index contributed by atoms with van der Waals surface area (Å²) < 4.78 is 5.39. The molecule has 0 aliphatic rings. The Balaban J connectivity index is 0.00000225. The van der Waals surface area contributed by atoms with Crippen LogP contribution in [0.15, 0.2) is 53.1 Å². The summed E-state index contributed by atoms with van der Waals surface area (Å²) in [5.41, 5.74) is 14.1. The van der Waals surface area contributed by atoms with Gasteiger partial charge in [-0.3, -0.25) is 10.8 Å². The van der Waals surface area contributed by atoms with Crippen molar-refractivity contribution >= 4 is 60.5 Å². The summed E-state index contributed by atoms with van der Waals surface area (Å²) in [5.74, 6) is 0.456. The van der Waals surface area contributed by atoms with E-state index in [1.165, 1.54) is 0 Å². The highest BCUT2D eigenvalue weighted by Crippen LogP contribution is 2.31. The van der Waals surface area contributed by atoms with Crippen LogP contribution in [0.1, 0.15) is 11.1 Å². The minimum absolute atomic E-state index is 0. The molecule has 0 aliphatic carbocycles. The van der Waals surface area contributed by atoms with E-state index >= 15 is 0 Å². The number of halogens is 4. The molecule has 144 valence electrons. The number of hydrogen-bond donors (Lipinski definition) is 4. The second-order valence-electron chi connectivity index (χ2n) is 5.18. The van der Waals surface area contributed by atoms with Crippen molar-refractivity contribution in [2.24, 2.45) is 11.5 Å². The lowest BCUT2D eigenvalue weighted by Gasteiger charge is -2.03. The molecule has 0 atom stereocenters. The lowest BCUT2D eigenvalue weighted by molar-refractivity contribution is 0.435. The van der Waals surface area contributed by atoms with Crippen molar-refractivity contribution < 1.29 is 4.52 Å². The molecule has 2 aromatic carbocycles. The number of nitrogens with one attached hydrogen (secondary N) is 2. The zero-order chi connectivity index (χ0) is 17.3. The summed E-state index contributed by atoms with van der Waals surface area (Å²) >= 11 is 6.22. The van der Waals surface area contributed by atoms with Crippen LogP contribution >= 0.6 is 48.8 Å². The third kappa shape index (κ3) is 5.37. The number of nitrogens with two attached hydrogens (primary N) is 2. The molecule has 0 radical (unpaired) electrons. The van der Waals surface area contributed by atoms with Crippen LogP contribution in [0.3, 0.4) is 0 Å². The fourth-order valence-corrected chi connectivity index (χ4v) is 2.48. The first-order valence-electron chi connectivity index (χ1n) is 7.01. The fourth-order valence-electron chi connectivity index (χ4n) is 2.27. The zero-order valence-electron chi connectivity index (χ0n) is 13.7. The van der Waals surface area contributed by atoms with Crippen LogP contribution in [0.4, 0.5) is 0 Å². The van der Waals surface area contributed by atoms with Crippen molar-refractivity contribution in [2.45, 2.75) is 0 Å². The number of benzene rings is 2. The van der Waals surface area contributed by atoms with Gasteiger partial charge in [0.25, 0.3) is 0 Å². The monoisotopic (exact) mass is 447 g/mol. The summed E-state index contributed by atoms with van der Waals surface area (Å²) in [6.45, 7) is 0. The van der Waals surface area contributed by atoms with Gasteiger partial charge in [-0.05, 0) is 24.3 Å². The lowest BCUT2D eigenvalue weighted by atomic mass is 10.0. The Bertz CT molecular complexity index is 958. The molecule has 6 N–H and O–H groups in total. The maximum Gasteiger partial charge on any atom is 0.167 e. The molecule has 3 rings (SSSR count). The molecule has 10 heteroatoms. The van der Waals surface area contributed by atoms with E-state index < -0.39 is 0 Å². The van der Waals surface area contributed by atoms with E-state index in [0.29, 0.717) is 33.2 Å². The van der Waals surface area contributed by atoms with Gasteiger partial charge >= 0.3 is 0 Å². The van der Waals surface area contributed by atoms with Crippen LogP contribution in [0.25, 0.3) is 22.6 Å². The smallest absolute Gasteiger partial charge is 0.167 e. The molecule has 0 fully saturated rings. The number of nitrogens with zero attached hydrogens (tertiary/aromatic N) is 1. The number of aromatic nitrogens is 1. The molecule has 0 unspecified atom stereocenters. The third-order valence-corrected chi connectivity index (χ3v) is 3.85. The molecule has 0 bridgehead atoms. The Kier molecular flexibility index (Phi) is 9.33. The molecule has 27 heavy (non-hydrogen) atoms. The van der Waals surface area contributed by atoms with Gasteiger partial charge in [-0.1, -0.05) is 35.0 Å². The van der Waals surface area contributed by atoms with Crippen LogP contribution in [0, 0.1) is 10.8 Å². The van der Waals surface area contributed by atoms with E-state index in [4.69, 9.17) is 38.4 Å². The lowest BCUT2D eigenvalue weighted by Crippen LogP contribution is -2.10. The van der Waals surface area contributed by atoms with Crippen LogP contribution < -0.4 is 11.5 Å².